The van der Waals surface area contributed by atoms with Gasteiger partial charge in [0.25, 0.3) is 0 Å². The molecule has 0 aromatic heterocycles. The number of nitrogens with one attached hydrogen (secondary N) is 2. The molecule has 1 rings (SSSR count). The van der Waals surface area contributed by atoms with Crippen LogP contribution >= 0.6 is 0 Å². The van der Waals surface area contributed by atoms with Crippen LogP contribution < -0.4 is 10.6 Å². The molecule has 1 aliphatic rings. The molecule has 0 radical (unpaired) electrons. The van der Waals surface area contributed by atoms with Crippen LogP contribution in [0.2, 0.25) is 0 Å². The lowest BCUT2D eigenvalue weighted by molar-refractivity contribution is -0.141. The number of amides is 2. The van der Waals surface area contributed by atoms with Crippen LogP contribution in [0.1, 0.15) is 33.1 Å². The molecule has 0 heterocycles. The van der Waals surface area contributed by atoms with Gasteiger partial charge in [0.15, 0.2) is 0 Å². The van der Waals surface area contributed by atoms with E-state index in [-0.39, 0.29) is 18.6 Å². The van der Waals surface area contributed by atoms with E-state index >= 15 is 0 Å². The molecular formula is C11H20N2O3. The Labute approximate surface area is 95.6 Å². The molecular weight excluding hydrogens is 208 g/mol. The van der Waals surface area contributed by atoms with E-state index in [4.69, 9.17) is 5.11 Å². The van der Waals surface area contributed by atoms with Gasteiger partial charge in [-0.25, -0.2) is 4.79 Å². The number of carboxylic acid groups (broad SMARTS) is 1. The van der Waals surface area contributed by atoms with Crippen LogP contribution in [0.3, 0.4) is 0 Å². The average molecular weight is 228 g/mol. The highest BCUT2D eigenvalue weighted by Gasteiger charge is 2.29. The van der Waals surface area contributed by atoms with Gasteiger partial charge >= 0.3 is 12.0 Å². The lowest BCUT2D eigenvalue weighted by atomic mass is 10.1. The van der Waals surface area contributed by atoms with Gasteiger partial charge in [-0.05, 0) is 32.1 Å². The fraction of sp³-hybridized carbons (Fsp3) is 0.818. The molecule has 5 nitrogen and oxygen atoms in total. The van der Waals surface area contributed by atoms with Gasteiger partial charge in [0.05, 0.1) is 5.92 Å². The fourth-order valence-corrected chi connectivity index (χ4v) is 1.59. The van der Waals surface area contributed by atoms with E-state index in [9.17, 15) is 9.59 Å². The Bertz CT molecular complexity index is 264. The molecule has 2 amide bonds. The van der Waals surface area contributed by atoms with Crippen LogP contribution in [-0.2, 0) is 4.79 Å². The van der Waals surface area contributed by atoms with Crippen LogP contribution in [0.15, 0.2) is 0 Å². The highest BCUT2D eigenvalue weighted by Crippen LogP contribution is 2.32. The molecule has 16 heavy (non-hydrogen) atoms. The second kappa shape index (κ2) is 5.72. The Hall–Kier alpha value is -1.26. The minimum Gasteiger partial charge on any atom is -0.481 e. The fourth-order valence-electron chi connectivity index (χ4n) is 1.59. The van der Waals surface area contributed by atoms with Gasteiger partial charge in [0, 0.05) is 12.6 Å². The third-order valence-electron chi connectivity index (χ3n) is 3.04. The molecule has 0 saturated heterocycles. The topological polar surface area (TPSA) is 78.4 Å². The summed E-state index contributed by atoms with van der Waals surface area (Å²) in [7, 11) is 0. The lowest BCUT2D eigenvalue weighted by Gasteiger charge is -2.15. The minimum absolute atomic E-state index is 0.185. The predicted octanol–water partition coefficient (Wildman–Crippen LogP) is 1.19. The second-order valence-corrected chi connectivity index (χ2v) is 4.42. The Balaban J connectivity index is 2.20. The first-order valence-corrected chi connectivity index (χ1v) is 5.81. The number of urea groups is 1. The van der Waals surface area contributed by atoms with Crippen molar-refractivity contribution in [3.05, 3.63) is 0 Å². The highest BCUT2D eigenvalue weighted by molar-refractivity contribution is 5.76. The number of rotatable bonds is 6. The van der Waals surface area contributed by atoms with E-state index in [1.54, 1.807) is 6.92 Å². The molecule has 2 unspecified atom stereocenters. The van der Waals surface area contributed by atoms with Crippen molar-refractivity contribution < 1.29 is 14.7 Å². The molecule has 1 aliphatic carbocycles. The van der Waals surface area contributed by atoms with Crippen molar-refractivity contribution in [2.24, 2.45) is 11.8 Å². The minimum atomic E-state index is -0.863. The molecule has 0 bridgehead atoms. The molecule has 2 atom stereocenters. The third-order valence-corrected chi connectivity index (χ3v) is 3.04. The monoisotopic (exact) mass is 228 g/mol. The quantitative estimate of drug-likeness (QED) is 0.639. The SMILES string of the molecule is CCC(CNC(=O)NC(C)C1CC1)C(=O)O. The van der Waals surface area contributed by atoms with Gasteiger partial charge in [-0.1, -0.05) is 6.92 Å². The van der Waals surface area contributed by atoms with Gasteiger partial charge in [-0.3, -0.25) is 4.79 Å². The van der Waals surface area contributed by atoms with Crippen molar-refractivity contribution in [3.63, 3.8) is 0 Å². The average Bonchev–Trinajstić information content (AvgIpc) is 3.00. The smallest absolute Gasteiger partial charge is 0.315 e. The van der Waals surface area contributed by atoms with Crippen LogP contribution in [0, 0.1) is 11.8 Å². The van der Waals surface area contributed by atoms with Crippen LogP contribution in [0.4, 0.5) is 4.79 Å². The van der Waals surface area contributed by atoms with Gasteiger partial charge in [-0.2, -0.15) is 0 Å². The summed E-state index contributed by atoms with van der Waals surface area (Å²) in [5.74, 6) is -0.757. The van der Waals surface area contributed by atoms with Crippen molar-refractivity contribution in [3.8, 4) is 0 Å². The van der Waals surface area contributed by atoms with Gasteiger partial charge in [0.2, 0.25) is 0 Å². The molecule has 0 aromatic rings. The van der Waals surface area contributed by atoms with Gasteiger partial charge in [0.1, 0.15) is 0 Å². The number of carboxylic acids is 1. The van der Waals surface area contributed by atoms with E-state index in [1.165, 1.54) is 12.8 Å². The van der Waals surface area contributed by atoms with Crippen molar-refractivity contribution in [2.75, 3.05) is 6.54 Å². The summed E-state index contributed by atoms with van der Waals surface area (Å²) in [5, 5.41) is 14.2. The summed E-state index contributed by atoms with van der Waals surface area (Å²) >= 11 is 0. The van der Waals surface area contributed by atoms with Gasteiger partial charge in [-0.15, -0.1) is 0 Å². The Morgan fingerprint density at radius 3 is 2.50 bits per heavy atom. The van der Waals surface area contributed by atoms with E-state index in [2.05, 4.69) is 10.6 Å². The van der Waals surface area contributed by atoms with E-state index in [0.717, 1.165) is 0 Å². The number of hydrogen-bond donors (Lipinski definition) is 3. The molecule has 0 aliphatic heterocycles. The van der Waals surface area contributed by atoms with Crippen LogP contribution in [0.5, 0.6) is 0 Å². The second-order valence-electron chi connectivity index (χ2n) is 4.42. The molecule has 5 heteroatoms. The first kappa shape index (κ1) is 12.8. The molecule has 1 saturated carbocycles. The predicted molar refractivity (Wildman–Crippen MR) is 60.1 cm³/mol. The van der Waals surface area contributed by atoms with E-state index in [1.807, 2.05) is 6.92 Å². The normalized spacial score (nSPS) is 18.6. The third kappa shape index (κ3) is 4.08. The highest BCUT2D eigenvalue weighted by atomic mass is 16.4. The van der Waals surface area contributed by atoms with Crippen molar-refractivity contribution >= 4 is 12.0 Å². The molecule has 0 aromatic carbocycles. The zero-order valence-corrected chi connectivity index (χ0v) is 9.82. The number of carbonyl (C=O) groups is 2. The summed E-state index contributed by atoms with van der Waals surface area (Å²) in [4.78, 5) is 22.1. The van der Waals surface area contributed by atoms with Crippen LogP contribution in [0.25, 0.3) is 0 Å². The van der Waals surface area contributed by atoms with Crippen molar-refractivity contribution in [2.45, 2.75) is 39.2 Å². The molecule has 92 valence electrons. The Kier molecular flexibility index (Phi) is 4.58. The van der Waals surface area contributed by atoms with E-state index < -0.39 is 11.9 Å². The summed E-state index contributed by atoms with van der Waals surface area (Å²) in [6.07, 6.45) is 2.87. The van der Waals surface area contributed by atoms with Crippen molar-refractivity contribution in [1.82, 2.24) is 10.6 Å². The largest absolute Gasteiger partial charge is 0.481 e. The standard InChI is InChI=1S/C11H20N2O3/c1-3-8(10(14)15)6-12-11(16)13-7(2)9-4-5-9/h7-9H,3-6H2,1-2H3,(H,14,15)(H2,12,13,16). The summed E-state index contributed by atoms with van der Waals surface area (Å²) < 4.78 is 0. The van der Waals surface area contributed by atoms with Crippen LogP contribution in [-0.4, -0.2) is 29.7 Å². The maximum atomic E-state index is 11.4. The van der Waals surface area contributed by atoms with E-state index in [0.29, 0.717) is 12.3 Å². The Morgan fingerprint density at radius 2 is 2.06 bits per heavy atom. The Morgan fingerprint density at radius 1 is 1.44 bits per heavy atom. The first-order chi connectivity index (χ1) is 7.54. The number of carbonyl (C=O) groups excluding carboxylic acids is 1. The number of aliphatic carboxylic acids is 1. The zero-order chi connectivity index (χ0) is 12.1. The summed E-state index contributed by atoms with van der Waals surface area (Å²) in [6, 6.07) is -0.0796. The summed E-state index contributed by atoms with van der Waals surface area (Å²) in [6.45, 7) is 3.96. The molecule has 1 fully saturated rings. The summed E-state index contributed by atoms with van der Waals surface area (Å²) in [5.41, 5.74) is 0. The molecule has 3 N–H and O–H groups in total. The maximum Gasteiger partial charge on any atom is 0.315 e. The van der Waals surface area contributed by atoms with Gasteiger partial charge < -0.3 is 15.7 Å². The first-order valence-electron chi connectivity index (χ1n) is 5.81. The zero-order valence-electron chi connectivity index (χ0n) is 9.82. The molecule has 0 spiro atoms. The lowest BCUT2D eigenvalue weighted by Crippen LogP contribution is -2.44. The van der Waals surface area contributed by atoms with Crippen molar-refractivity contribution in [1.29, 1.82) is 0 Å². The number of hydrogen-bond acceptors (Lipinski definition) is 2. The maximum absolute atomic E-state index is 11.4.